The summed E-state index contributed by atoms with van der Waals surface area (Å²) in [6.07, 6.45) is 0.0583. The third kappa shape index (κ3) is 3.51. The van der Waals surface area contributed by atoms with Gasteiger partial charge in [-0.2, -0.15) is 0 Å². The zero-order valence-corrected chi connectivity index (χ0v) is 9.86. The first-order chi connectivity index (χ1) is 9.04. The summed E-state index contributed by atoms with van der Waals surface area (Å²) in [6, 6.07) is 9.12. The van der Waals surface area contributed by atoms with Crippen molar-refractivity contribution in [2.75, 3.05) is 5.32 Å². The summed E-state index contributed by atoms with van der Waals surface area (Å²) in [7, 11) is 0. The van der Waals surface area contributed by atoms with Crippen molar-refractivity contribution in [3.05, 3.63) is 59.7 Å². The van der Waals surface area contributed by atoms with E-state index in [1.165, 1.54) is 30.3 Å². The topological polar surface area (TPSA) is 49.3 Å². The second-order valence-corrected chi connectivity index (χ2v) is 4.02. The van der Waals surface area contributed by atoms with Gasteiger partial charge >= 0.3 is 0 Å². The number of rotatable bonds is 3. The van der Waals surface area contributed by atoms with E-state index in [0.717, 1.165) is 12.1 Å². The average Bonchev–Trinajstić information content (AvgIpc) is 2.37. The Bertz CT molecular complexity index is 597. The van der Waals surface area contributed by atoms with E-state index >= 15 is 0 Å². The lowest BCUT2D eigenvalue weighted by atomic mass is 10.1. The third-order valence-corrected chi connectivity index (χ3v) is 2.51. The maximum atomic E-state index is 13.1. The second-order valence-electron chi connectivity index (χ2n) is 4.02. The smallest absolute Gasteiger partial charge is 0.228 e. The van der Waals surface area contributed by atoms with Crippen LogP contribution < -0.4 is 5.32 Å². The first-order valence-corrected chi connectivity index (χ1v) is 5.57. The van der Waals surface area contributed by atoms with Gasteiger partial charge < -0.3 is 10.4 Å². The minimum atomic E-state index is -0.806. The van der Waals surface area contributed by atoms with Crippen molar-refractivity contribution < 1.29 is 18.7 Å². The molecule has 0 aromatic heterocycles. The molecule has 0 radical (unpaired) electrons. The number of nitrogens with one attached hydrogen (secondary N) is 1. The van der Waals surface area contributed by atoms with Gasteiger partial charge in [-0.25, -0.2) is 8.78 Å². The fourth-order valence-corrected chi connectivity index (χ4v) is 1.58. The molecule has 98 valence electrons. The number of hydrogen-bond acceptors (Lipinski definition) is 2. The Labute approximate surface area is 108 Å². The molecular weight excluding hydrogens is 252 g/mol. The molecule has 2 N–H and O–H groups in total. The summed E-state index contributed by atoms with van der Waals surface area (Å²) >= 11 is 0. The molecule has 0 heterocycles. The minimum Gasteiger partial charge on any atom is -0.505 e. The van der Waals surface area contributed by atoms with E-state index < -0.39 is 11.6 Å². The normalized spacial score (nSPS) is 10.2. The molecule has 0 unspecified atom stereocenters. The summed E-state index contributed by atoms with van der Waals surface area (Å²) in [4.78, 5) is 11.7. The number of carbonyl (C=O) groups is 1. The van der Waals surface area contributed by atoms with Gasteiger partial charge in [0.15, 0.2) is 11.6 Å². The maximum Gasteiger partial charge on any atom is 0.228 e. The first kappa shape index (κ1) is 13.0. The van der Waals surface area contributed by atoms with Crippen LogP contribution >= 0.6 is 0 Å². The van der Waals surface area contributed by atoms with E-state index in [9.17, 15) is 13.6 Å². The molecule has 0 bridgehead atoms. The molecule has 3 nitrogen and oxygen atoms in total. The highest BCUT2D eigenvalue weighted by Gasteiger charge is 2.06. The molecule has 0 fully saturated rings. The van der Waals surface area contributed by atoms with Crippen molar-refractivity contribution in [3.63, 3.8) is 0 Å². The molecule has 2 aromatic carbocycles. The number of anilines is 1. The Morgan fingerprint density at radius 3 is 2.42 bits per heavy atom. The highest BCUT2D eigenvalue weighted by molar-refractivity contribution is 5.92. The number of carbonyl (C=O) groups excluding carboxylic acids is 1. The Kier molecular flexibility index (Phi) is 3.75. The Hall–Kier alpha value is -2.43. The lowest BCUT2D eigenvalue weighted by Gasteiger charge is -2.06. The number of halogens is 2. The summed E-state index contributed by atoms with van der Waals surface area (Å²) in [5.41, 5.74) is 0.903. The van der Waals surface area contributed by atoms with Crippen molar-refractivity contribution in [2.24, 2.45) is 0 Å². The predicted molar refractivity (Wildman–Crippen MR) is 66.8 cm³/mol. The van der Waals surface area contributed by atoms with Crippen LogP contribution in [0.5, 0.6) is 5.75 Å². The van der Waals surface area contributed by atoms with Gasteiger partial charge in [-0.1, -0.05) is 12.1 Å². The van der Waals surface area contributed by atoms with Gasteiger partial charge in [0, 0.05) is 11.8 Å². The van der Waals surface area contributed by atoms with Crippen LogP contribution in [-0.4, -0.2) is 11.0 Å². The van der Waals surface area contributed by atoms with Crippen LogP contribution in [0.15, 0.2) is 42.5 Å². The molecule has 2 rings (SSSR count). The number of amides is 1. The summed E-state index contributed by atoms with van der Waals surface area (Å²) in [5.74, 6) is -2.00. The quantitative estimate of drug-likeness (QED) is 0.836. The van der Waals surface area contributed by atoms with E-state index in [1.807, 2.05) is 0 Å². The van der Waals surface area contributed by atoms with Crippen LogP contribution in [0.3, 0.4) is 0 Å². The largest absolute Gasteiger partial charge is 0.505 e. The van der Waals surface area contributed by atoms with Crippen molar-refractivity contribution in [1.29, 1.82) is 0 Å². The van der Waals surface area contributed by atoms with Gasteiger partial charge in [0.2, 0.25) is 5.91 Å². The Balaban J connectivity index is 2.01. The van der Waals surface area contributed by atoms with Crippen LogP contribution in [0.2, 0.25) is 0 Å². The van der Waals surface area contributed by atoms with Crippen LogP contribution in [-0.2, 0) is 11.2 Å². The van der Waals surface area contributed by atoms with Crippen molar-refractivity contribution in [1.82, 2.24) is 0 Å². The number of phenols is 1. The molecule has 5 heteroatoms. The van der Waals surface area contributed by atoms with Gasteiger partial charge in [0.1, 0.15) is 5.82 Å². The fraction of sp³-hybridized carbons (Fsp3) is 0.0714. The monoisotopic (exact) mass is 263 g/mol. The third-order valence-electron chi connectivity index (χ3n) is 2.51. The van der Waals surface area contributed by atoms with Gasteiger partial charge in [0.25, 0.3) is 0 Å². The SMILES string of the molecule is O=C(Cc1ccc(F)cc1)Nc1ccc(O)c(F)c1. The van der Waals surface area contributed by atoms with Gasteiger partial charge in [-0.05, 0) is 29.8 Å². The van der Waals surface area contributed by atoms with E-state index in [1.54, 1.807) is 0 Å². The summed E-state index contributed by atoms with van der Waals surface area (Å²) < 4.78 is 25.7. The predicted octanol–water partition coefficient (Wildman–Crippen LogP) is 2.85. The van der Waals surface area contributed by atoms with Crippen LogP contribution in [0.4, 0.5) is 14.5 Å². The number of aromatic hydroxyl groups is 1. The number of hydrogen-bond donors (Lipinski definition) is 2. The molecule has 0 aliphatic rings. The Morgan fingerprint density at radius 1 is 1.11 bits per heavy atom. The van der Waals surface area contributed by atoms with E-state index in [4.69, 9.17) is 5.11 Å². The van der Waals surface area contributed by atoms with E-state index in [-0.39, 0.29) is 23.8 Å². The van der Waals surface area contributed by atoms with Gasteiger partial charge in [-0.15, -0.1) is 0 Å². The van der Waals surface area contributed by atoms with Gasteiger partial charge in [-0.3, -0.25) is 4.79 Å². The molecule has 0 aliphatic heterocycles. The number of benzene rings is 2. The molecule has 0 saturated heterocycles. The van der Waals surface area contributed by atoms with Crippen LogP contribution in [0.1, 0.15) is 5.56 Å². The van der Waals surface area contributed by atoms with Crippen molar-refractivity contribution >= 4 is 11.6 Å². The van der Waals surface area contributed by atoms with E-state index in [0.29, 0.717) is 5.56 Å². The van der Waals surface area contributed by atoms with Crippen molar-refractivity contribution in [3.8, 4) is 5.75 Å². The molecular formula is C14H11F2NO2. The zero-order chi connectivity index (χ0) is 13.8. The lowest BCUT2D eigenvalue weighted by Crippen LogP contribution is -2.14. The molecule has 0 aliphatic carbocycles. The summed E-state index contributed by atoms with van der Waals surface area (Å²) in [5, 5.41) is 11.5. The first-order valence-electron chi connectivity index (χ1n) is 5.57. The van der Waals surface area contributed by atoms with Crippen LogP contribution in [0.25, 0.3) is 0 Å². The maximum absolute atomic E-state index is 13.1. The average molecular weight is 263 g/mol. The summed E-state index contributed by atoms with van der Waals surface area (Å²) in [6.45, 7) is 0. The van der Waals surface area contributed by atoms with Crippen molar-refractivity contribution in [2.45, 2.75) is 6.42 Å². The second kappa shape index (κ2) is 5.48. The van der Waals surface area contributed by atoms with Crippen LogP contribution in [0, 0.1) is 11.6 Å². The standard InChI is InChI=1S/C14H11F2NO2/c15-10-3-1-9(2-4-10)7-14(19)17-11-5-6-13(18)12(16)8-11/h1-6,8,18H,7H2,(H,17,19). The molecule has 2 aromatic rings. The molecule has 0 saturated carbocycles. The Morgan fingerprint density at radius 2 is 1.79 bits per heavy atom. The number of phenolic OH excluding ortho intramolecular Hbond substituents is 1. The molecule has 0 atom stereocenters. The van der Waals surface area contributed by atoms with E-state index in [2.05, 4.69) is 5.32 Å². The molecule has 19 heavy (non-hydrogen) atoms. The fourth-order valence-electron chi connectivity index (χ4n) is 1.58. The van der Waals surface area contributed by atoms with Gasteiger partial charge in [0.05, 0.1) is 6.42 Å². The minimum absolute atomic E-state index is 0.0583. The highest BCUT2D eigenvalue weighted by Crippen LogP contribution is 2.19. The zero-order valence-electron chi connectivity index (χ0n) is 9.86. The highest BCUT2D eigenvalue weighted by atomic mass is 19.1. The molecule has 0 spiro atoms. The molecule has 1 amide bonds. The lowest BCUT2D eigenvalue weighted by molar-refractivity contribution is -0.115.